The third kappa shape index (κ3) is 7.45. The van der Waals surface area contributed by atoms with E-state index in [1.54, 1.807) is 30.5 Å². The first-order valence-electron chi connectivity index (χ1n) is 9.15. The third-order valence-corrected chi connectivity index (χ3v) is 3.65. The van der Waals surface area contributed by atoms with Crippen molar-refractivity contribution in [2.75, 3.05) is 13.2 Å². The van der Waals surface area contributed by atoms with E-state index in [-0.39, 0.29) is 12.5 Å². The molecule has 2 rings (SSSR count). The Hall–Kier alpha value is -3.41. The van der Waals surface area contributed by atoms with E-state index in [0.29, 0.717) is 17.9 Å². The molecule has 2 amide bonds. The molecule has 2 aromatic rings. The first-order chi connectivity index (χ1) is 13.6. The lowest BCUT2D eigenvalue weighted by Crippen LogP contribution is -2.34. The molecule has 0 heterocycles. The van der Waals surface area contributed by atoms with Crippen LogP contribution in [0.5, 0.6) is 5.75 Å². The van der Waals surface area contributed by atoms with Gasteiger partial charge in [-0.3, -0.25) is 9.59 Å². The molecule has 0 radical (unpaired) electrons. The van der Waals surface area contributed by atoms with Crippen molar-refractivity contribution in [3.8, 4) is 5.75 Å². The van der Waals surface area contributed by atoms with Crippen molar-refractivity contribution in [1.82, 2.24) is 10.7 Å². The van der Waals surface area contributed by atoms with Gasteiger partial charge in [-0.05, 0) is 48.7 Å². The largest absolute Gasteiger partial charge is 0.494 e. The number of nitrogens with one attached hydrogen (secondary N) is 2. The fourth-order valence-corrected chi connectivity index (χ4v) is 2.28. The molecule has 2 aromatic carbocycles. The summed E-state index contributed by atoms with van der Waals surface area (Å²) in [5.41, 5.74) is 4.80. The molecule has 0 atom stereocenters. The first-order valence-corrected chi connectivity index (χ1v) is 9.15. The molecule has 0 bridgehead atoms. The topological polar surface area (TPSA) is 79.8 Å². The standard InChI is InChI=1S/C22H25N3O3/c1-3-13-28-20-11-9-19(10-12-20)22(27)23-16-21(26)25-24-15-17(2)14-18-7-5-4-6-8-18/h4-12,14-15H,3,13,16H2,1-2H3,(H,23,27)(H,25,26)/b17-14-,24-15-. The first kappa shape index (κ1) is 20.9. The minimum Gasteiger partial charge on any atom is -0.494 e. The van der Waals surface area contributed by atoms with E-state index in [1.807, 2.05) is 50.3 Å². The minimum atomic E-state index is -0.403. The van der Waals surface area contributed by atoms with E-state index < -0.39 is 5.91 Å². The van der Waals surface area contributed by atoms with E-state index in [0.717, 1.165) is 17.6 Å². The highest BCUT2D eigenvalue weighted by Gasteiger charge is 2.07. The van der Waals surface area contributed by atoms with Crippen molar-refractivity contribution in [2.45, 2.75) is 20.3 Å². The Morgan fingerprint density at radius 2 is 1.79 bits per heavy atom. The predicted octanol–water partition coefficient (Wildman–Crippen LogP) is 3.41. The monoisotopic (exact) mass is 379 g/mol. The molecular formula is C22H25N3O3. The molecule has 28 heavy (non-hydrogen) atoms. The normalized spacial score (nSPS) is 11.3. The Morgan fingerprint density at radius 1 is 1.07 bits per heavy atom. The average Bonchev–Trinajstić information content (AvgIpc) is 2.71. The summed E-state index contributed by atoms with van der Waals surface area (Å²) in [7, 11) is 0. The van der Waals surface area contributed by atoms with Crippen LogP contribution in [0.1, 0.15) is 36.2 Å². The zero-order valence-corrected chi connectivity index (χ0v) is 16.1. The summed E-state index contributed by atoms with van der Waals surface area (Å²) < 4.78 is 5.47. The number of amides is 2. The zero-order valence-electron chi connectivity index (χ0n) is 16.1. The van der Waals surface area contributed by atoms with Gasteiger partial charge in [-0.25, -0.2) is 5.43 Å². The van der Waals surface area contributed by atoms with Crippen LogP contribution in [0, 0.1) is 0 Å². The molecule has 0 aliphatic carbocycles. The van der Waals surface area contributed by atoms with Crippen LogP contribution in [-0.4, -0.2) is 31.2 Å². The van der Waals surface area contributed by atoms with Crippen LogP contribution < -0.4 is 15.5 Å². The van der Waals surface area contributed by atoms with Gasteiger partial charge in [0.15, 0.2) is 0 Å². The fourth-order valence-electron chi connectivity index (χ4n) is 2.28. The van der Waals surface area contributed by atoms with E-state index in [2.05, 4.69) is 15.8 Å². The molecule has 0 aliphatic rings. The summed E-state index contributed by atoms with van der Waals surface area (Å²) in [6.45, 7) is 4.38. The van der Waals surface area contributed by atoms with Crippen molar-refractivity contribution in [1.29, 1.82) is 0 Å². The molecule has 146 valence electrons. The Labute approximate surface area is 165 Å². The third-order valence-electron chi connectivity index (χ3n) is 3.65. The molecule has 0 spiro atoms. The van der Waals surface area contributed by atoms with Crippen molar-refractivity contribution >= 4 is 24.1 Å². The van der Waals surface area contributed by atoms with Crippen LogP contribution >= 0.6 is 0 Å². The Kier molecular flexibility index (Phi) is 8.46. The number of nitrogens with zero attached hydrogens (tertiary/aromatic N) is 1. The Morgan fingerprint density at radius 3 is 2.46 bits per heavy atom. The number of ether oxygens (including phenoxy) is 1. The lowest BCUT2D eigenvalue weighted by Gasteiger charge is -2.07. The molecule has 2 N–H and O–H groups in total. The van der Waals surface area contributed by atoms with Crippen molar-refractivity contribution in [3.63, 3.8) is 0 Å². The zero-order chi connectivity index (χ0) is 20.2. The Balaban J connectivity index is 1.75. The van der Waals surface area contributed by atoms with Crippen molar-refractivity contribution in [2.24, 2.45) is 5.10 Å². The summed E-state index contributed by atoms with van der Waals surface area (Å²) in [4.78, 5) is 23.9. The summed E-state index contributed by atoms with van der Waals surface area (Å²) in [5, 5.41) is 6.46. The summed E-state index contributed by atoms with van der Waals surface area (Å²) in [6, 6.07) is 16.6. The minimum absolute atomic E-state index is 0.161. The number of carbonyl (C=O) groups excluding carboxylic acids is 2. The quantitative estimate of drug-likeness (QED) is 0.518. The van der Waals surface area contributed by atoms with E-state index in [1.165, 1.54) is 0 Å². The lowest BCUT2D eigenvalue weighted by atomic mass is 10.1. The van der Waals surface area contributed by atoms with Gasteiger partial charge >= 0.3 is 0 Å². The second kappa shape index (κ2) is 11.3. The van der Waals surface area contributed by atoms with E-state index in [4.69, 9.17) is 4.74 Å². The average molecular weight is 379 g/mol. The van der Waals surface area contributed by atoms with Crippen LogP contribution in [0.25, 0.3) is 6.08 Å². The maximum absolute atomic E-state index is 12.1. The van der Waals surface area contributed by atoms with Crippen LogP contribution in [-0.2, 0) is 4.79 Å². The molecule has 0 saturated heterocycles. The van der Waals surface area contributed by atoms with Gasteiger partial charge in [0.05, 0.1) is 19.4 Å². The maximum atomic E-state index is 12.1. The smallest absolute Gasteiger partial charge is 0.259 e. The molecular weight excluding hydrogens is 354 g/mol. The number of hydrogen-bond acceptors (Lipinski definition) is 4. The maximum Gasteiger partial charge on any atom is 0.259 e. The van der Waals surface area contributed by atoms with Gasteiger partial charge in [-0.2, -0.15) is 5.10 Å². The molecule has 0 aromatic heterocycles. The number of rotatable bonds is 9. The highest BCUT2D eigenvalue weighted by atomic mass is 16.5. The van der Waals surface area contributed by atoms with Crippen LogP contribution in [0.3, 0.4) is 0 Å². The van der Waals surface area contributed by atoms with Gasteiger partial charge in [-0.1, -0.05) is 43.3 Å². The summed E-state index contributed by atoms with van der Waals surface area (Å²) >= 11 is 0. The summed E-state index contributed by atoms with van der Waals surface area (Å²) in [5.74, 6) is -0.0225. The second-order valence-corrected chi connectivity index (χ2v) is 6.15. The number of hydrazone groups is 1. The second-order valence-electron chi connectivity index (χ2n) is 6.15. The summed E-state index contributed by atoms with van der Waals surface area (Å²) in [6.07, 6.45) is 4.43. The predicted molar refractivity (Wildman–Crippen MR) is 111 cm³/mol. The SMILES string of the molecule is CCCOc1ccc(C(=O)NCC(=O)N/N=C\C(C)=C/c2ccccc2)cc1. The van der Waals surface area contributed by atoms with Gasteiger partial charge in [-0.15, -0.1) is 0 Å². The molecule has 0 fully saturated rings. The highest BCUT2D eigenvalue weighted by molar-refractivity contribution is 5.96. The van der Waals surface area contributed by atoms with Gasteiger partial charge in [0.2, 0.25) is 0 Å². The van der Waals surface area contributed by atoms with E-state index >= 15 is 0 Å². The van der Waals surface area contributed by atoms with Crippen LogP contribution in [0.15, 0.2) is 65.3 Å². The van der Waals surface area contributed by atoms with Gasteiger partial charge in [0.25, 0.3) is 11.8 Å². The number of carbonyl (C=O) groups is 2. The van der Waals surface area contributed by atoms with E-state index in [9.17, 15) is 9.59 Å². The van der Waals surface area contributed by atoms with Crippen molar-refractivity contribution < 1.29 is 14.3 Å². The lowest BCUT2D eigenvalue weighted by molar-refractivity contribution is -0.120. The van der Waals surface area contributed by atoms with Gasteiger partial charge in [0.1, 0.15) is 5.75 Å². The molecule has 0 aliphatic heterocycles. The number of allylic oxidation sites excluding steroid dienone is 1. The fraction of sp³-hybridized carbons (Fsp3) is 0.227. The van der Waals surface area contributed by atoms with Crippen molar-refractivity contribution in [3.05, 3.63) is 71.3 Å². The van der Waals surface area contributed by atoms with Crippen LogP contribution in [0.2, 0.25) is 0 Å². The van der Waals surface area contributed by atoms with Crippen LogP contribution in [0.4, 0.5) is 0 Å². The molecule has 0 unspecified atom stereocenters. The Bertz CT molecular complexity index is 828. The highest BCUT2D eigenvalue weighted by Crippen LogP contribution is 2.12. The molecule has 0 saturated carbocycles. The van der Waals surface area contributed by atoms with Gasteiger partial charge < -0.3 is 10.1 Å². The van der Waals surface area contributed by atoms with Gasteiger partial charge in [0, 0.05) is 5.56 Å². The molecule has 6 nitrogen and oxygen atoms in total. The molecule has 6 heteroatoms. The number of hydrogen-bond donors (Lipinski definition) is 2. The number of benzene rings is 2.